The molecule has 0 unspecified atom stereocenters. The molecular formula is C14H20N2O3. The average Bonchev–Trinajstić information content (AvgIpc) is 2.36. The molecule has 0 saturated heterocycles. The minimum absolute atomic E-state index is 0.498. The number of rotatable bonds is 7. The third kappa shape index (κ3) is 5.01. The van der Waals surface area contributed by atoms with E-state index in [0.717, 1.165) is 12.1 Å². The molecule has 1 rings (SSSR count). The van der Waals surface area contributed by atoms with E-state index in [1.807, 2.05) is 37.2 Å². The molecule has 0 aromatic heterocycles. The quantitative estimate of drug-likeness (QED) is 0.750. The number of para-hydroxylation sites is 1. The van der Waals surface area contributed by atoms with Crippen LogP contribution in [0.5, 0.6) is 11.5 Å². The molecule has 0 radical (unpaired) electrons. The lowest BCUT2D eigenvalue weighted by Gasteiger charge is -2.15. The van der Waals surface area contributed by atoms with Gasteiger partial charge < -0.3 is 20.1 Å². The van der Waals surface area contributed by atoms with E-state index in [4.69, 9.17) is 15.2 Å². The van der Waals surface area contributed by atoms with Gasteiger partial charge in [0.25, 0.3) is 0 Å². The Labute approximate surface area is 113 Å². The highest BCUT2D eigenvalue weighted by molar-refractivity contribution is 5.90. The highest BCUT2D eigenvalue weighted by Gasteiger charge is 2.08. The summed E-state index contributed by atoms with van der Waals surface area (Å²) < 4.78 is 11.0. The minimum Gasteiger partial charge on any atom is -0.493 e. The van der Waals surface area contributed by atoms with Gasteiger partial charge in [-0.25, -0.2) is 0 Å². The second-order valence-electron chi connectivity index (χ2n) is 4.27. The van der Waals surface area contributed by atoms with Crippen molar-refractivity contribution in [2.45, 2.75) is 0 Å². The van der Waals surface area contributed by atoms with Crippen molar-refractivity contribution in [3.8, 4) is 11.5 Å². The van der Waals surface area contributed by atoms with Crippen LogP contribution >= 0.6 is 0 Å². The summed E-state index contributed by atoms with van der Waals surface area (Å²) in [5.74, 6) is 0.747. The van der Waals surface area contributed by atoms with Gasteiger partial charge in [0.15, 0.2) is 11.5 Å². The van der Waals surface area contributed by atoms with Crippen LogP contribution in [0.4, 0.5) is 0 Å². The number of carbonyl (C=O) groups excluding carboxylic acids is 1. The van der Waals surface area contributed by atoms with Crippen LogP contribution in [0.3, 0.4) is 0 Å². The average molecular weight is 264 g/mol. The molecule has 0 bridgehead atoms. The molecule has 0 atom stereocenters. The van der Waals surface area contributed by atoms with Gasteiger partial charge in [0, 0.05) is 18.2 Å². The zero-order valence-electron chi connectivity index (χ0n) is 11.6. The Bertz CT molecular complexity index is 456. The van der Waals surface area contributed by atoms with Gasteiger partial charge in [-0.3, -0.25) is 4.79 Å². The number of methoxy groups -OCH3 is 1. The van der Waals surface area contributed by atoms with Gasteiger partial charge in [0.1, 0.15) is 6.61 Å². The maximum atomic E-state index is 10.8. The molecule has 2 N–H and O–H groups in total. The minimum atomic E-state index is -0.498. The molecule has 5 nitrogen and oxygen atoms in total. The molecule has 5 heteroatoms. The molecule has 1 aromatic rings. The number of nitrogens with two attached hydrogens (primary N) is 1. The number of likely N-dealkylation sites (N-methyl/N-ethyl adjacent to an activating group) is 1. The van der Waals surface area contributed by atoms with E-state index >= 15 is 0 Å². The van der Waals surface area contributed by atoms with Crippen molar-refractivity contribution in [3.05, 3.63) is 29.8 Å². The Hall–Kier alpha value is -2.01. The first-order valence-electron chi connectivity index (χ1n) is 5.96. The SMILES string of the molecule is COc1cccc(/C=C\C(N)=O)c1OCCN(C)C. The fourth-order valence-corrected chi connectivity index (χ4v) is 1.48. The molecule has 0 aliphatic carbocycles. The van der Waals surface area contributed by atoms with Gasteiger partial charge in [-0.1, -0.05) is 12.1 Å². The molecule has 0 fully saturated rings. The first-order valence-corrected chi connectivity index (χ1v) is 5.96. The van der Waals surface area contributed by atoms with Crippen LogP contribution in [0.2, 0.25) is 0 Å². The molecule has 19 heavy (non-hydrogen) atoms. The smallest absolute Gasteiger partial charge is 0.241 e. The summed E-state index contributed by atoms with van der Waals surface area (Å²) in [6.45, 7) is 1.32. The van der Waals surface area contributed by atoms with Crippen molar-refractivity contribution in [3.63, 3.8) is 0 Å². The third-order valence-corrected chi connectivity index (χ3v) is 2.44. The van der Waals surface area contributed by atoms with Crippen LogP contribution in [0.15, 0.2) is 24.3 Å². The number of nitrogens with zero attached hydrogens (tertiary/aromatic N) is 1. The van der Waals surface area contributed by atoms with Crippen molar-refractivity contribution < 1.29 is 14.3 Å². The van der Waals surface area contributed by atoms with E-state index in [2.05, 4.69) is 0 Å². The van der Waals surface area contributed by atoms with E-state index in [1.165, 1.54) is 6.08 Å². The highest BCUT2D eigenvalue weighted by Crippen LogP contribution is 2.31. The zero-order valence-corrected chi connectivity index (χ0v) is 11.6. The molecule has 1 amide bonds. The first-order chi connectivity index (χ1) is 9.04. The Kier molecular flexibility index (Phi) is 5.89. The highest BCUT2D eigenvalue weighted by atomic mass is 16.5. The number of benzene rings is 1. The summed E-state index contributed by atoms with van der Waals surface area (Å²) in [6.07, 6.45) is 2.92. The van der Waals surface area contributed by atoms with Crippen LogP contribution < -0.4 is 15.2 Å². The maximum Gasteiger partial charge on any atom is 0.241 e. The number of primary amides is 1. The number of ether oxygens (including phenoxy) is 2. The van der Waals surface area contributed by atoms with E-state index in [0.29, 0.717) is 18.1 Å². The fraction of sp³-hybridized carbons (Fsp3) is 0.357. The van der Waals surface area contributed by atoms with Gasteiger partial charge in [-0.2, -0.15) is 0 Å². The first kappa shape index (κ1) is 15.0. The summed E-state index contributed by atoms with van der Waals surface area (Å²) >= 11 is 0. The van der Waals surface area contributed by atoms with Gasteiger partial charge in [0.05, 0.1) is 7.11 Å². The van der Waals surface area contributed by atoms with Crippen LogP contribution in [0.25, 0.3) is 6.08 Å². The summed E-state index contributed by atoms with van der Waals surface area (Å²) in [6, 6.07) is 5.48. The second-order valence-corrected chi connectivity index (χ2v) is 4.27. The topological polar surface area (TPSA) is 64.8 Å². The lowest BCUT2D eigenvalue weighted by Crippen LogP contribution is -2.19. The second kappa shape index (κ2) is 7.43. The predicted octanol–water partition coefficient (Wildman–Crippen LogP) is 1.13. The van der Waals surface area contributed by atoms with Gasteiger partial charge >= 0.3 is 0 Å². The van der Waals surface area contributed by atoms with Crippen molar-refractivity contribution in [1.82, 2.24) is 4.90 Å². The summed E-state index contributed by atoms with van der Waals surface area (Å²) in [5.41, 5.74) is 5.86. The summed E-state index contributed by atoms with van der Waals surface area (Å²) in [7, 11) is 5.52. The third-order valence-electron chi connectivity index (χ3n) is 2.44. The van der Waals surface area contributed by atoms with E-state index in [1.54, 1.807) is 13.2 Å². The number of carbonyl (C=O) groups is 1. The molecule has 0 aliphatic heterocycles. The van der Waals surface area contributed by atoms with E-state index in [-0.39, 0.29) is 0 Å². The van der Waals surface area contributed by atoms with Crippen molar-refractivity contribution in [2.75, 3.05) is 34.4 Å². The van der Waals surface area contributed by atoms with Crippen molar-refractivity contribution >= 4 is 12.0 Å². The molecule has 0 saturated carbocycles. The molecule has 0 heterocycles. The Morgan fingerprint density at radius 2 is 2.16 bits per heavy atom. The molecular weight excluding hydrogens is 244 g/mol. The number of amides is 1. The Morgan fingerprint density at radius 3 is 2.74 bits per heavy atom. The van der Waals surface area contributed by atoms with Gasteiger partial charge in [0.2, 0.25) is 5.91 Å². The Morgan fingerprint density at radius 1 is 1.42 bits per heavy atom. The zero-order chi connectivity index (χ0) is 14.3. The van der Waals surface area contributed by atoms with Crippen LogP contribution in [0, 0.1) is 0 Å². The molecule has 1 aromatic carbocycles. The van der Waals surface area contributed by atoms with E-state index in [9.17, 15) is 4.79 Å². The van der Waals surface area contributed by atoms with Crippen LogP contribution in [-0.4, -0.2) is 45.2 Å². The lowest BCUT2D eigenvalue weighted by molar-refractivity contribution is -0.113. The maximum absolute atomic E-state index is 10.8. The Balaban J connectivity index is 2.92. The van der Waals surface area contributed by atoms with Crippen LogP contribution in [0.1, 0.15) is 5.56 Å². The van der Waals surface area contributed by atoms with Gasteiger partial charge in [-0.05, 0) is 26.2 Å². The van der Waals surface area contributed by atoms with Gasteiger partial charge in [-0.15, -0.1) is 0 Å². The van der Waals surface area contributed by atoms with Crippen molar-refractivity contribution in [1.29, 1.82) is 0 Å². The standard InChI is InChI=1S/C14H20N2O3/c1-16(2)9-10-19-14-11(7-8-13(15)17)5-4-6-12(14)18-3/h4-8H,9-10H2,1-3H3,(H2,15,17)/b8-7-. The molecule has 0 spiro atoms. The largest absolute Gasteiger partial charge is 0.493 e. The summed E-state index contributed by atoms with van der Waals surface area (Å²) in [4.78, 5) is 12.8. The predicted molar refractivity (Wildman–Crippen MR) is 75.3 cm³/mol. The van der Waals surface area contributed by atoms with Crippen LogP contribution in [-0.2, 0) is 4.79 Å². The monoisotopic (exact) mass is 264 g/mol. The molecule has 104 valence electrons. The lowest BCUT2D eigenvalue weighted by atomic mass is 10.1. The number of hydrogen-bond donors (Lipinski definition) is 1. The normalized spacial score (nSPS) is 10.9. The van der Waals surface area contributed by atoms with Crippen molar-refractivity contribution in [2.24, 2.45) is 5.73 Å². The fourth-order valence-electron chi connectivity index (χ4n) is 1.48. The number of hydrogen-bond acceptors (Lipinski definition) is 4. The van der Waals surface area contributed by atoms with E-state index < -0.39 is 5.91 Å². The molecule has 0 aliphatic rings. The summed E-state index contributed by atoms with van der Waals surface area (Å²) in [5, 5.41) is 0.